The van der Waals surface area contributed by atoms with E-state index in [1.54, 1.807) is 0 Å². The Hall–Kier alpha value is -1.32. The third-order valence-corrected chi connectivity index (χ3v) is 8.16. The maximum Gasteiger partial charge on any atom is 0.309 e. The summed E-state index contributed by atoms with van der Waals surface area (Å²) in [4.78, 5) is 23.4. The van der Waals surface area contributed by atoms with Crippen LogP contribution in [0.1, 0.15) is 71.6 Å². The summed E-state index contributed by atoms with van der Waals surface area (Å²) >= 11 is 0. The van der Waals surface area contributed by atoms with Crippen LogP contribution in [0.3, 0.4) is 0 Å². The van der Waals surface area contributed by atoms with E-state index in [1.165, 1.54) is 12.5 Å². The first-order valence-electron chi connectivity index (χ1n) is 9.97. The Morgan fingerprint density at radius 1 is 1.16 bits per heavy atom. The van der Waals surface area contributed by atoms with Crippen molar-refractivity contribution in [3.63, 3.8) is 0 Å². The number of rotatable bonds is 2. The van der Waals surface area contributed by atoms with Gasteiger partial charge in [0.15, 0.2) is 0 Å². The van der Waals surface area contributed by atoms with Gasteiger partial charge >= 0.3 is 11.9 Å². The smallest absolute Gasteiger partial charge is 0.309 e. The molecule has 0 spiro atoms. The van der Waals surface area contributed by atoms with Gasteiger partial charge in [0.25, 0.3) is 0 Å². The van der Waals surface area contributed by atoms with Crippen molar-refractivity contribution in [2.24, 2.45) is 28.6 Å². The van der Waals surface area contributed by atoms with E-state index in [4.69, 9.17) is 4.74 Å². The first-order valence-corrected chi connectivity index (χ1v) is 9.97. The second kappa shape index (κ2) is 5.85. The highest BCUT2D eigenvalue weighted by atomic mass is 16.5. The molecule has 0 bridgehead atoms. The number of esters is 1. The van der Waals surface area contributed by atoms with Gasteiger partial charge in [0.05, 0.1) is 5.41 Å². The monoisotopic (exact) mass is 346 g/mol. The van der Waals surface area contributed by atoms with E-state index in [0.29, 0.717) is 17.8 Å². The molecule has 0 heterocycles. The molecule has 0 aromatic heterocycles. The Morgan fingerprint density at radius 3 is 2.68 bits per heavy atom. The van der Waals surface area contributed by atoms with Crippen LogP contribution in [-0.4, -0.2) is 23.1 Å². The predicted octanol–water partition coefficient (Wildman–Crippen LogP) is 4.34. The van der Waals surface area contributed by atoms with E-state index in [0.717, 1.165) is 57.8 Å². The Bertz CT molecular complexity index is 623. The van der Waals surface area contributed by atoms with Gasteiger partial charge in [0, 0.05) is 13.3 Å². The normalized spacial score (nSPS) is 45.6. The maximum absolute atomic E-state index is 12.1. The van der Waals surface area contributed by atoms with Gasteiger partial charge in [-0.1, -0.05) is 25.0 Å². The lowest BCUT2D eigenvalue weighted by Crippen LogP contribution is -2.52. The summed E-state index contributed by atoms with van der Waals surface area (Å²) in [5, 5.41) is 9.94. The van der Waals surface area contributed by atoms with Crippen LogP contribution in [0.25, 0.3) is 0 Å². The third kappa shape index (κ3) is 2.47. The highest BCUT2D eigenvalue weighted by Crippen LogP contribution is 2.65. The number of allylic oxidation sites excluding steroid dienone is 1. The molecule has 0 amide bonds. The van der Waals surface area contributed by atoms with E-state index in [2.05, 4.69) is 13.0 Å². The van der Waals surface area contributed by atoms with Gasteiger partial charge in [-0.15, -0.1) is 0 Å². The second-order valence-corrected chi connectivity index (χ2v) is 9.13. The van der Waals surface area contributed by atoms with Crippen LogP contribution in [0.15, 0.2) is 11.6 Å². The molecule has 3 fully saturated rings. The Balaban J connectivity index is 1.60. The van der Waals surface area contributed by atoms with Crippen molar-refractivity contribution in [3.05, 3.63) is 11.6 Å². The van der Waals surface area contributed by atoms with Crippen LogP contribution in [-0.2, 0) is 14.3 Å². The molecule has 4 nitrogen and oxygen atoms in total. The number of carboxylic acids is 1. The van der Waals surface area contributed by atoms with Gasteiger partial charge in [-0.3, -0.25) is 9.59 Å². The van der Waals surface area contributed by atoms with Crippen molar-refractivity contribution in [3.8, 4) is 0 Å². The van der Waals surface area contributed by atoms with Gasteiger partial charge in [0.2, 0.25) is 0 Å². The van der Waals surface area contributed by atoms with Crippen LogP contribution in [0.4, 0.5) is 0 Å². The summed E-state index contributed by atoms with van der Waals surface area (Å²) in [5.74, 6) is 0.738. The molecule has 0 unspecified atom stereocenters. The molecular weight excluding hydrogens is 316 g/mol. The van der Waals surface area contributed by atoms with Crippen molar-refractivity contribution in [2.45, 2.75) is 77.7 Å². The molecule has 0 radical (unpaired) electrons. The Labute approximate surface area is 150 Å². The minimum Gasteiger partial charge on any atom is -0.481 e. The summed E-state index contributed by atoms with van der Waals surface area (Å²) in [6.45, 7) is 3.88. The molecule has 0 aromatic carbocycles. The van der Waals surface area contributed by atoms with Gasteiger partial charge in [-0.25, -0.2) is 0 Å². The van der Waals surface area contributed by atoms with Crippen LogP contribution in [0, 0.1) is 28.6 Å². The second-order valence-electron chi connectivity index (χ2n) is 9.13. The number of ether oxygens (including phenoxy) is 1. The molecular formula is C21H30O4. The lowest BCUT2D eigenvalue weighted by Gasteiger charge is -2.57. The molecule has 4 rings (SSSR count). The first kappa shape index (κ1) is 17.1. The summed E-state index contributed by atoms with van der Waals surface area (Å²) in [7, 11) is 0. The highest BCUT2D eigenvalue weighted by molar-refractivity contribution is 5.76. The van der Waals surface area contributed by atoms with Gasteiger partial charge in [0.1, 0.15) is 6.10 Å². The van der Waals surface area contributed by atoms with Crippen LogP contribution < -0.4 is 0 Å². The largest absolute Gasteiger partial charge is 0.481 e. The fraction of sp³-hybridized carbons (Fsp3) is 0.810. The molecule has 6 atom stereocenters. The average molecular weight is 346 g/mol. The van der Waals surface area contributed by atoms with E-state index in [1.807, 2.05) is 0 Å². The SMILES string of the molecule is CC(=O)O[C@@H]1CC[C@]2(C)C(=CC[C@@H]3[C@H]4CCC[C@]4(C(=O)O)CC[C@H]32)C1. The zero-order valence-corrected chi connectivity index (χ0v) is 15.4. The van der Waals surface area contributed by atoms with Crippen molar-refractivity contribution in [1.82, 2.24) is 0 Å². The molecule has 1 N–H and O–H groups in total. The van der Waals surface area contributed by atoms with Crippen LogP contribution in [0.2, 0.25) is 0 Å². The lowest BCUT2D eigenvalue weighted by molar-refractivity contribution is -0.159. The number of fused-ring (bicyclic) bond motifs is 5. The van der Waals surface area contributed by atoms with Crippen LogP contribution in [0.5, 0.6) is 0 Å². The first-order chi connectivity index (χ1) is 11.9. The molecule has 4 heteroatoms. The molecule has 4 aliphatic carbocycles. The zero-order chi connectivity index (χ0) is 17.8. The van der Waals surface area contributed by atoms with E-state index in [9.17, 15) is 14.7 Å². The molecule has 138 valence electrons. The van der Waals surface area contributed by atoms with Crippen molar-refractivity contribution in [2.75, 3.05) is 0 Å². The number of carbonyl (C=O) groups is 2. The Kier molecular flexibility index (Phi) is 4.01. The number of hydrogen-bond acceptors (Lipinski definition) is 3. The van der Waals surface area contributed by atoms with E-state index < -0.39 is 11.4 Å². The zero-order valence-electron chi connectivity index (χ0n) is 15.4. The topological polar surface area (TPSA) is 63.6 Å². The minimum atomic E-state index is -0.549. The number of aliphatic carboxylic acids is 1. The predicted molar refractivity (Wildman–Crippen MR) is 93.8 cm³/mol. The van der Waals surface area contributed by atoms with E-state index in [-0.39, 0.29) is 17.5 Å². The minimum absolute atomic E-state index is 0.0292. The molecule has 0 saturated heterocycles. The summed E-state index contributed by atoms with van der Waals surface area (Å²) in [6, 6.07) is 0. The van der Waals surface area contributed by atoms with Crippen molar-refractivity contribution >= 4 is 11.9 Å². The standard InChI is InChI=1S/C21H30O4/c1-13(22)25-15-7-10-20(2)14(12-15)5-6-16-17(20)8-11-21(19(23)24)9-3-4-18(16)21/h5,15-18H,3-4,6-12H2,1-2H3,(H,23,24)/t15-,16+,17-,18-,20-,21+/m1/s1. The highest BCUT2D eigenvalue weighted by Gasteiger charge is 2.60. The van der Waals surface area contributed by atoms with E-state index >= 15 is 0 Å². The van der Waals surface area contributed by atoms with Gasteiger partial charge in [-0.2, -0.15) is 0 Å². The summed E-state index contributed by atoms with van der Waals surface area (Å²) in [5.41, 5.74) is 1.19. The molecule has 3 saturated carbocycles. The number of hydrogen-bond donors (Lipinski definition) is 1. The average Bonchev–Trinajstić information content (AvgIpc) is 3.00. The molecule has 4 aliphatic rings. The molecule has 0 aliphatic heterocycles. The fourth-order valence-corrected chi connectivity index (χ4v) is 6.99. The van der Waals surface area contributed by atoms with Crippen molar-refractivity contribution < 1.29 is 19.4 Å². The summed E-state index contributed by atoms with van der Waals surface area (Å²) in [6.07, 6.45) is 11.2. The third-order valence-electron chi connectivity index (χ3n) is 8.16. The number of carboxylic acid groups (broad SMARTS) is 1. The summed E-state index contributed by atoms with van der Waals surface area (Å²) < 4.78 is 5.48. The molecule has 25 heavy (non-hydrogen) atoms. The lowest BCUT2D eigenvalue weighted by atomic mass is 9.48. The Morgan fingerprint density at radius 2 is 1.96 bits per heavy atom. The molecule has 0 aromatic rings. The fourth-order valence-electron chi connectivity index (χ4n) is 6.99. The number of carbonyl (C=O) groups excluding carboxylic acids is 1. The van der Waals surface area contributed by atoms with Gasteiger partial charge < -0.3 is 9.84 Å². The van der Waals surface area contributed by atoms with Crippen LogP contribution >= 0.6 is 0 Å². The van der Waals surface area contributed by atoms with Crippen molar-refractivity contribution in [1.29, 1.82) is 0 Å². The quantitative estimate of drug-likeness (QED) is 0.597. The van der Waals surface area contributed by atoms with Gasteiger partial charge in [-0.05, 0) is 68.1 Å². The maximum atomic E-state index is 12.1.